The molecule has 8 nitrogen and oxygen atoms in total. The maximum absolute atomic E-state index is 12.9. The van der Waals surface area contributed by atoms with E-state index in [2.05, 4.69) is 20.4 Å². The van der Waals surface area contributed by atoms with Crippen molar-refractivity contribution in [2.45, 2.75) is 38.3 Å². The number of anilines is 2. The molecule has 1 aliphatic rings. The van der Waals surface area contributed by atoms with Gasteiger partial charge in [0.2, 0.25) is 11.9 Å². The Labute approximate surface area is 210 Å². The van der Waals surface area contributed by atoms with Crippen molar-refractivity contribution in [3.8, 4) is 11.4 Å². The third kappa shape index (κ3) is 5.85. The predicted molar refractivity (Wildman–Crippen MR) is 139 cm³/mol. The van der Waals surface area contributed by atoms with Crippen LogP contribution in [-0.2, 0) is 4.79 Å². The molecule has 2 heterocycles. The molecule has 1 N–H and O–H groups in total. The van der Waals surface area contributed by atoms with E-state index >= 15 is 0 Å². The molecule has 0 spiro atoms. The number of Topliss-reactive ketones (excluding diaryl/α,β-unsaturated/α-hetero) is 1. The molecule has 0 radical (unpaired) electrons. The van der Waals surface area contributed by atoms with Gasteiger partial charge in [0.15, 0.2) is 10.9 Å². The third-order valence-corrected chi connectivity index (χ3v) is 6.84. The van der Waals surface area contributed by atoms with Crippen LogP contribution in [0.25, 0.3) is 5.69 Å². The zero-order valence-corrected chi connectivity index (χ0v) is 21.2. The Bertz CT molecular complexity index is 1170. The lowest BCUT2D eigenvalue weighted by molar-refractivity contribution is -0.118. The highest BCUT2D eigenvalue weighted by molar-refractivity contribution is 7.99. The van der Waals surface area contributed by atoms with E-state index in [9.17, 15) is 9.59 Å². The molecule has 1 aromatic heterocycles. The number of ether oxygens (including phenoxy) is 1. The van der Waals surface area contributed by atoms with Gasteiger partial charge in [-0.2, -0.15) is 0 Å². The van der Waals surface area contributed by atoms with Crippen LogP contribution in [0.3, 0.4) is 0 Å². The maximum atomic E-state index is 12.9. The number of carbonyl (C=O) groups is 2. The summed E-state index contributed by atoms with van der Waals surface area (Å²) in [7, 11) is 1.65. The smallest absolute Gasteiger partial charge is 0.232 e. The number of nitrogens with one attached hydrogen (secondary N) is 1. The summed E-state index contributed by atoms with van der Waals surface area (Å²) in [6.45, 7) is 5.53. The van der Waals surface area contributed by atoms with E-state index in [0.717, 1.165) is 43.3 Å². The number of piperidine rings is 1. The lowest BCUT2D eigenvalue weighted by atomic mass is 10.1. The van der Waals surface area contributed by atoms with Crippen molar-refractivity contribution in [1.29, 1.82) is 0 Å². The topological polar surface area (TPSA) is 89.3 Å². The van der Waals surface area contributed by atoms with Crippen molar-refractivity contribution in [3.63, 3.8) is 0 Å². The van der Waals surface area contributed by atoms with E-state index in [4.69, 9.17) is 4.74 Å². The highest BCUT2D eigenvalue weighted by Gasteiger charge is 2.24. The van der Waals surface area contributed by atoms with Crippen LogP contribution in [0.1, 0.15) is 43.5 Å². The molecule has 0 atom stereocenters. The highest BCUT2D eigenvalue weighted by atomic mass is 32.2. The second-order valence-electron chi connectivity index (χ2n) is 8.77. The average molecular weight is 494 g/mol. The summed E-state index contributed by atoms with van der Waals surface area (Å²) >= 11 is 1.36. The van der Waals surface area contributed by atoms with Gasteiger partial charge in [-0.3, -0.25) is 14.2 Å². The number of rotatable bonds is 9. The van der Waals surface area contributed by atoms with E-state index < -0.39 is 0 Å². The maximum Gasteiger partial charge on any atom is 0.232 e. The monoisotopic (exact) mass is 493 g/mol. The SMILES string of the molecule is COc1ccccc1-n1c(SCC(=O)c2ccc(NC(=O)C(C)C)cc2)nnc1N1CCCCC1. The van der Waals surface area contributed by atoms with Crippen LogP contribution in [0.5, 0.6) is 5.75 Å². The van der Waals surface area contributed by atoms with Crippen LogP contribution in [0.4, 0.5) is 11.6 Å². The molecular formula is C26H31N5O3S. The molecule has 0 bridgehead atoms. The van der Waals surface area contributed by atoms with Gasteiger partial charge in [0.25, 0.3) is 0 Å². The minimum absolute atomic E-state index is 0.0224. The van der Waals surface area contributed by atoms with Gasteiger partial charge in [-0.05, 0) is 55.7 Å². The molecule has 0 unspecified atom stereocenters. The molecule has 0 saturated carbocycles. The number of amides is 1. The summed E-state index contributed by atoms with van der Waals surface area (Å²) in [5, 5.41) is 12.4. The number of aromatic nitrogens is 3. The molecule has 35 heavy (non-hydrogen) atoms. The second kappa shape index (κ2) is 11.4. The summed E-state index contributed by atoms with van der Waals surface area (Å²) < 4.78 is 7.61. The first-order valence-corrected chi connectivity index (χ1v) is 12.9. The molecular weight excluding hydrogens is 462 g/mol. The molecule has 1 saturated heterocycles. The summed E-state index contributed by atoms with van der Waals surface area (Å²) in [6.07, 6.45) is 3.45. The molecule has 184 valence electrons. The number of nitrogens with zero attached hydrogens (tertiary/aromatic N) is 4. The van der Waals surface area contributed by atoms with E-state index in [0.29, 0.717) is 16.4 Å². The lowest BCUT2D eigenvalue weighted by Crippen LogP contribution is -2.31. The summed E-state index contributed by atoms with van der Waals surface area (Å²) in [6, 6.07) is 14.8. The van der Waals surface area contributed by atoms with Gasteiger partial charge >= 0.3 is 0 Å². The second-order valence-corrected chi connectivity index (χ2v) is 9.71. The minimum atomic E-state index is -0.108. The number of hydrogen-bond acceptors (Lipinski definition) is 7. The van der Waals surface area contributed by atoms with Gasteiger partial charge in [-0.15, -0.1) is 10.2 Å². The van der Waals surface area contributed by atoms with E-state index in [1.54, 1.807) is 31.4 Å². The van der Waals surface area contributed by atoms with E-state index in [1.807, 2.05) is 42.7 Å². The number of para-hydroxylation sites is 2. The fourth-order valence-electron chi connectivity index (χ4n) is 3.92. The number of methoxy groups -OCH3 is 1. The van der Waals surface area contributed by atoms with Crippen LogP contribution in [0.15, 0.2) is 53.7 Å². The van der Waals surface area contributed by atoms with E-state index in [1.165, 1.54) is 18.2 Å². The van der Waals surface area contributed by atoms with Crippen molar-refractivity contribution < 1.29 is 14.3 Å². The molecule has 1 fully saturated rings. The molecule has 3 aromatic rings. The van der Waals surface area contributed by atoms with Crippen molar-refractivity contribution in [2.75, 3.05) is 36.2 Å². The Kier molecular flexibility index (Phi) is 8.07. The Morgan fingerprint density at radius 2 is 1.74 bits per heavy atom. The van der Waals surface area contributed by atoms with Gasteiger partial charge in [0.05, 0.1) is 18.6 Å². The van der Waals surface area contributed by atoms with Crippen LogP contribution < -0.4 is 15.0 Å². The normalized spacial score (nSPS) is 13.7. The molecule has 2 aromatic carbocycles. The first-order valence-electron chi connectivity index (χ1n) is 11.9. The fourth-order valence-corrected chi connectivity index (χ4v) is 4.75. The molecule has 1 amide bonds. The summed E-state index contributed by atoms with van der Waals surface area (Å²) in [5.74, 6) is 1.52. The van der Waals surface area contributed by atoms with Gasteiger partial charge in [0, 0.05) is 30.3 Å². The van der Waals surface area contributed by atoms with Crippen LogP contribution in [0.2, 0.25) is 0 Å². The first-order chi connectivity index (χ1) is 17.0. The molecule has 0 aliphatic carbocycles. The first kappa shape index (κ1) is 24.8. The van der Waals surface area contributed by atoms with Crippen LogP contribution >= 0.6 is 11.8 Å². The van der Waals surface area contributed by atoms with Crippen molar-refractivity contribution >= 4 is 35.1 Å². The summed E-state index contributed by atoms with van der Waals surface area (Å²) in [4.78, 5) is 27.1. The lowest BCUT2D eigenvalue weighted by Gasteiger charge is -2.28. The number of carbonyl (C=O) groups excluding carboxylic acids is 2. The van der Waals surface area contributed by atoms with E-state index in [-0.39, 0.29) is 23.4 Å². The highest BCUT2D eigenvalue weighted by Crippen LogP contribution is 2.33. The van der Waals surface area contributed by atoms with Gasteiger partial charge < -0.3 is 15.0 Å². The van der Waals surface area contributed by atoms with Gasteiger partial charge in [-0.25, -0.2) is 0 Å². The number of thioether (sulfide) groups is 1. The van der Waals surface area contributed by atoms with Crippen LogP contribution in [-0.4, -0.2) is 52.4 Å². The van der Waals surface area contributed by atoms with Gasteiger partial charge in [-0.1, -0.05) is 37.7 Å². The average Bonchev–Trinajstić information content (AvgIpc) is 3.31. The third-order valence-electron chi connectivity index (χ3n) is 5.91. The zero-order valence-electron chi connectivity index (χ0n) is 20.4. The minimum Gasteiger partial charge on any atom is -0.495 e. The fraction of sp³-hybridized carbons (Fsp3) is 0.385. The Balaban J connectivity index is 1.53. The number of benzene rings is 2. The Hall–Kier alpha value is -3.33. The summed E-state index contributed by atoms with van der Waals surface area (Å²) in [5.41, 5.74) is 2.11. The van der Waals surface area contributed by atoms with Crippen molar-refractivity contribution in [1.82, 2.24) is 14.8 Å². The number of hydrogen-bond donors (Lipinski definition) is 1. The Morgan fingerprint density at radius 3 is 2.43 bits per heavy atom. The van der Waals surface area contributed by atoms with Gasteiger partial charge in [0.1, 0.15) is 5.75 Å². The predicted octanol–water partition coefficient (Wildman–Crippen LogP) is 4.84. The Morgan fingerprint density at radius 1 is 1.03 bits per heavy atom. The zero-order chi connectivity index (χ0) is 24.8. The largest absolute Gasteiger partial charge is 0.495 e. The number of ketones is 1. The van der Waals surface area contributed by atoms with Crippen molar-refractivity contribution in [2.24, 2.45) is 5.92 Å². The van der Waals surface area contributed by atoms with Crippen LogP contribution in [0, 0.1) is 5.92 Å². The molecule has 1 aliphatic heterocycles. The quantitative estimate of drug-likeness (QED) is 0.337. The molecule has 4 rings (SSSR count). The standard InChI is InChI=1S/C26H31N5O3S/c1-18(2)24(33)27-20-13-11-19(12-14-20)22(32)17-35-26-29-28-25(30-15-7-4-8-16-30)31(26)21-9-5-6-10-23(21)34-3/h5-6,9-14,18H,4,7-8,15-17H2,1-3H3,(H,27,33). The molecule has 9 heteroatoms. The van der Waals surface area contributed by atoms with Crippen molar-refractivity contribution in [3.05, 3.63) is 54.1 Å².